The number of thiophene rings is 1. The van der Waals surface area contributed by atoms with Crippen molar-refractivity contribution in [2.24, 2.45) is 0 Å². The lowest BCUT2D eigenvalue weighted by molar-refractivity contribution is 1.66. The van der Waals surface area contributed by atoms with E-state index < -0.39 is 0 Å². The summed E-state index contributed by atoms with van der Waals surface area (Å²) in [6.45, 7) is 2.20. The van der Waals surface area contributed by atoms with E-state index >= 15 is 0 Å². The van der Waals surface area contributed by atoms with E-state index in [-0.39, 0.29) is 0 Å². The highest BCUT2D eigenvalue weighted by Gasteiger charge is 2.12. The first-order valence-corrected chi connectivity index (χ1v) is 8.37. The monoisotopic (exact) mass is 298 g/mol. The minimum Gasteiger partial charge on any atom is -0.140 e. The predicted octanol–water partition coefficient (Wildman–Crippen LogP) is 6.67. The third-order valence-corrected chi connectivity index (χ3v) is 5.59. The van der Waals surface area contributed by atoms with Gasteiger partial charge in [-0.25, -0.2) is 0 Å². The van der Waals surface area contributed by atoms with Gasteiger partial charge >= 0.3 is 0 Å². The first-order chi connectivity index (χ1) is 10.8. The third-order valence-electron chi connectivity index (χ3n) is 4.52. The first kappa shape index (κ1) is 12.2. The Morgan fingerprint density at radius 2 is 1.32 bits per heavy atom. The second-order valence-corrected chi connectivity index (χ2v) is 7.11. The summed E-state index contributed by atoms with van der Waals surface area (Å²) in [6, 6.07) is 24.4. The van der Waals surface area contributed by atoms with E-state index in [2.05, 4.69) is 73.7 Å². The smallest absolute Gasteiger partial charge is 0.0436 e. The van der Waals surface area contributed by atoms with Gasteiger partial charge in [0.25, 0.3) is 0 Å². The van der Waals surface area contributed by atoms with Crippen LogP contribution in [0.1, 0.15) is 4.88 Å². The number of hydrogen-bond acceptors (Lipinski definition) is 1. The molecule has 0 N–H and O–H groups in total. The Kier molecular flexibility index (Phi) is 2.39. The topological polar surface area (TPSA) is 0 Å². The highest BCUT2D eigenvalue weighted by atomic mass is 32.1. The summed E-state index contributed by atoms with van der Waals surface area (Å²) in [5.74, 6) is 0. The van der Waals surface area contributed by atoms with Gasteiger partial charge in [0.2, 0.25) is 0 Å². The molecule has 0 nitrogen and oxygen atoms in total. The summed E-state index contributed by atoms with van der Waals surface area (Å²) in [6.07, 6.45) is 0. The van der Waals surface area contributed by atoms with Gasteiger partial charge in [0.05, 0.1) is 0 Å². The summed E-state index contributed by atoms with van der Waals surface area (Å²) in [5.41, 5.74) is 0. The van der Waals surface area contributed by atoms with Gasteiger partial charge in [0.1, 0.15) is 0 Å². The lowest BCUT2D eigenvalue weighted by Gasteiger charge is -2.09. The summed E-state index contributed by atoms with van der Waals surface area (Å²) >= 11 is 1.91. The van der Waals surface area contributed by atoms with Crippen LogP contribution in [0.4, 0.5) is 0 Å². The molecule has 0 bridgehead atoms. The van der Waals surface area contributed by atoms with Crippen molar-refractivity contribution < 1.29 is 0 Å². The molecule has 5 rings (SSSR count). The minimum atomic E-state index is 1.32. The Balaban J connectivity index is 2.23. The second-order valence-electron chi connectivity index (χ2n) is 5.85. The average molecular weight is 298 g/mol. The van der Waals surface area contributed by atoms with Crippen molar-refractivity contribution in [3.8, 4) is 0 Å². The van der Waals surface area contributed by atoms with Gasteiger partial charge in [-0.3, -0.25) is 0 Å². The van der Waals surface area contributed by atoms with Gasteiger partial charge in [-0.05, 0) is 39.9 Å². The Morgan fingerprint density at radius 3 is 2.14 bits per heavy atom. The normalized spacial score (nSPS) is 11.9. The van der Waals surface area contributed by atoms with E-state index in [0.717, 1.165) is 0 Å². The van der Waals surface area contributed by atoms with E-state index in [9.17, 15) is 0 Å². The van der Waals surface area contributed by atoms with Crippen LogP contribution in [0.25, 0.3) is 42.4 Å². The molecular formula is C21H14S. The molecule has 0 spiro atoms. The molecule has 1 heteroatoms. The summed E-state index contributed by atoms with van der Waals surface area (Å²) in [5, 5.41) is 9.56. The molecule has 1 heterocycles. The van der Waals surface area contributed by atoms with Crippen LogP contribution in [0.15, 0.2) is 66.7 Å². The number of aryl methyl sites for hydroxylation is 1. The molecule has 22 heavy (non-hydrogen) atoms. The van der Waals surface area contributed by atoms with Gasteiger partial charge < -0.3 is 0 Å². The van der Waals surface area contributed by atoms with Gasteiger partial charge in [-0.2, -0.15) is 0 Å². The van der Waals surface area contributed by atoms with E-state index in [1.54, 1.807) is 0 Å². The van der Waals surface area contributed by atoms with Crippen molar-refractivity contribution in [2.45, 2.75) is 6.92 Å². The SMILES string of the molecule is Cc1cc2c3ccccc3c3ccc4ccccc4c3c2s1. The summed E-state index contributed by atoms with van der Waals surface area (Å²) in [7, 11) is 0. The standard InChI is InChI=1S/C21H14S/c1-13-12-19-17-9-5-4-8-16(17)18-11-10-14-6-2-3-7-15(14)20(18)21(19)22-13/h2-12H,1H3. The molecule has 0 unspecified atom stereocenters. The van der Waals surface area contributed by atoms with Crippen molar-refractivity contribution >= 4 is 53.7 Å². The second kappa shape index (κ2) is 4.31. The van der Waals surface area contributed by atoms with E-state index in [1.165, 1.54) is 47.3 Å². The molecule has 0 saturated carbocycles. The fourth-order valence-electron chi connectivity index (χ4n) is 3.59. The molecule has 0 aliphatic carbocycles. The molecule has 0 saturated heterocycles. The Hall–Kier alpha value is -2.38. The largest absolute Gasteiger partial charge is 0.140 e. The predicted molar refractivity (Wildman–Crippen MR) is 99.1 cm³/mol. The van der Waals surface area contributed by atoms with Gasteiger partial charge in [-0.15, -0.1) is 11.3 Å². The molecule has 0 atom stereocenters. The molecule has 0 amide bonds. The van der Waals surface area contributed by atoms with E-state index in [0.29, 0.717) is 0 Å². The fourth-order valence-corrected chi connectivity index (χ4v) is 4.69. The summed E-state index contributed by atoms with van der Waals surface area (Å²) < 4.78 is 1.42. The van der Waals surface area contributed by atoms with Crippen LogP contribution >= 0.6 is 11.3 Å². The van der Waals surface area contributed by atoms with Crippen molar-refractivity contribution in [3.63, 3.8) is 0 Å². The zero-order valence-corrected chi connectivity index (χ0v) is 13.1. The quantitative estimate of drug-likeness (QED) is 0.280. The Bertz CT molecular complexity index is 1170. The zero-order valence-electron chi connectivity index (χ0n) is 12.3. The molecule has 0 radical (unpaired) electrons. The molecule has 104 valence electrons. The molecule has 4 aromatic carbocycles. The van der Waals surface area contributed by atoms with Crippen LogP contribution in [-0.2, 0) is 0 Å². The number of hydrogen-bond donors (Lipinski definition) is 0. The van der Waals surface area contributed by atoms with Gasteiger partial charge in [0, 0.05) is 20.3 Å². The van der Waals surface area contributed by atoms with Crippen molar-refractivity contribution in [3.05, 3.63) is 71.6 Å². The van der Waals surface area contributed by atoms with Crippen LogP contribution < -0.4 is 0 Å². The van der Waals surface area contributed by atoms with Crippen molar-refractivity contribution in [2.75, 3.05) is 0 Å². The van der Waals surface area contributed by atoms with Gasteiger partial charge in [-0.1, -0.05) is 60.7 Å². The highest BCUT2D eigenvalue weighted by molar-refractivity contribution is 7.20. The maximum atomic E-state index is 2.34. The highest BCUT2D eigenvalue weighted by Crippen LogP contribution is 2.42. The van der Waals surface area contributed by atoms with Crippen LogP contribution in [0.3, 0.4) is 0 Å². The van der Waals surface area contributed by atoms with Crippen molar-refractivity contribution in [1.29, 1.82) is 0 Å². The third kappa shape index (κ3) is 1.52. The Morgan fingerprint density at radius 1 is 0.636 bits per heavy atom. The Labute approximate surface area is 132 Å². The molecule has 0 fully saturated rings. The summed E-state index contributed by atoms with van der Waals surface area (Å²) in [4.78, 5) is 1.38. The maximum absolute atomic E-state index is 2.34. The molecule has 0 aliphatic heterocycles. The van der Waals surface area contributed by atoms with E-state index in [4.69, 9.17) is 0 Å². The number of rotatable bonds is 0. The van der Waals surface area contributed by atoms with E-state index in [1.807, 2.05) is 11.3 Å². The van der Waals surface area contributed by atoms with Crippen LogP contribution in [0, 0.1) is 6.92 Å². The average Bonchev–Trinajstić information content (AvgIpc) is 2.96. The molecule has 1 aromatic heterocycles. The molecule has 0 aliphatic rings. The first-order valence-electron chi connectivity index (χ1n) is 7.55. The van der Waals surface area contributed by atoms with Crippen LogP contribution in [0.5, 0.6) is 0 Å². The lowest BCUT2D eigenvalue weighted by atomic mass is 9.95. The molecular weight excluding hydrogens is 284 g/mol. The van der Waals surface area contributed by atoms with Crippen LogP contribution in [-0.4, -0.2) is 0 Å². The maximum Gasteiger partial charge on any atom is 0.0436 e. The molecule has 5 aromatic rings. The minimum absolute atomic E-state index is 1.32. The van der Waals surface area contributed by atoms with Gasteiger partial charge in [0.15, 0.2) is 0 Å². The fraction of sp³-hybridized carbons (Fsp3) is 0.0476. The zero-order chi connectivity index (χ0) is 14.7. The number of benzene rings is 4. The lowest BCUT2D eigenvalue weighted by Crippen LogP contribution is -1.81. The van der Waals surface area contributed by atoms with Crippen LogP contribution in [0.2, 0.25) is 0 Å². The van der Waals surface area contributed by atoms with Crippen molar-refractivity contribution in [1.82, 2.24) is 0 Å². The number of fused-ring (bicyclic) bond motifs is 8.